The van der Waals surface area contributed by atoms with Gasteiger partial charge in [0.15, 0.2) is 0 Å². The van der Waals surface area contributed by atoms with Gasteiger partial charge in [0, 0.05) is 26.2 Å². The summed E-state index contributed by atoms with van der Waals surface area (Å²) < 4.78 is 0. The quantitative estimate of drug-likeness (QED) is 0.597. The highest BCUT2D eigenvalue weighted by atomic mass is 16.3. The molecule has 0 bridgehead atoms. The number of rotatable bonds is 8. The molecule has 0 aromatic rings. The van der Waals surface area contributed by atoms with E-state index >= 15 is 0 Å². The minimum atomic E-state index is 0.230. The molecule has 0 aliphatic heterocycles. The second-order valence-corrected chi connectivity index (χ2v) is 4.41. The molecule has 0 unspecified atom stereocenters. The Bertz CT molecular complexity index is 183. The van der Waals surface area contributed by atoms with E-state index in [2.05, 4.69) is 42.4 Å². The van der Waals surface area contributed by atoms with Crippen LogP contribution in [0.25, 0.3) is 0 Å². The number of aliphatic hydroxyl groups excluding tert-OH is 1. The van der Waals surface area contributed by atoms with Crippen LogP contribution in [0.4, 0.5) is 0 Å². The van der Waals surface area contributed by atoms with E-state index < -0.39 is 0 Å². The van der Waals surface area contributed by atoms with Crippen molar-refractivity contribution in [1.82, 2.24) is 14.7 Å². The van der Waals surface area contributed by atoms with Crippen LogP contribution in [0.3, 0.4) is 0 Å². The van der Waals surface area contributed by atoms with Gasteiger partial charge in [0.25, 0.3) is 0 Å². The largest absolute Gasteiger partial charge is 0.512 e. The van der Waals surface area contributed by atoms with E-state index in [4.69, 9.17) is 5.11 Å². The second-order valence-electron chi connectivity index (χ2n) is 4.41. The third-order valence-electron chi connectivity index (χ3n) is 2.24. The molecule has 0 atom stereocenters. The van der Waals surface area contributed by atoms with Gasteiger partial charge in [-0.25, -0.2) is 0 Å². The monoisotopic (exact) mass is 215 g/mol. The Morgan fingerprint density at radius 3 is 1.87 bits per heavy atom. The average molecular weight is 215 g/mol. The summed E-state index contributed by atoms with van der Waals surface area (Å²) in [4.78, 5) is 6.53. The minimum Gasteiger partial charge on any atom is -0.512 e. The van der Waals surface area contributed by atoms with Crippen LogP contribution in [0, 0.1) is 0 Å². The van der Waals surface area contributed by atoms with Crippen LogP contribution in [0.5, 0.6) is 0 Å². The third kappa shape index (κ3) is 9.72. The van der Waals surface area contributed by atoms with Gasteiger partial charge in [-0.15, -0.1) is 0 Å². The second kappa shape index (κ2) is 7.68. The molecule has 0 aliphatic carbocycles. The van der Waals surface area contributed by atoms with Crippen LogP contribution in [-0.2, 0) is 0 Å². The van der Waals surface area contributed by atoms with E-state index in [1.54, 1.807) is 0 Å². The van der Waals surface area contributed by atoms with Crippen molar-refractivity contribution in [3.05, 3.63) is 12.3 Å². The smallest absolute Gasteiger partial charge is 0.0991 e. The Labute approximate surface area is 93.8 Å². The van der Waals surface area contributed by atoms with Crippen LogP contribution in [-0.4, -0.2) is 80.7 Å². The molecule has 0 aromatic heterocycles. The third-order valence-corrected chi connectivity index (χ3v) is 2.24. The summed E-state index contributed by atoms with van der Waals surface area (Å²) in [5.41, 5.74) is 0. The fourth-order valence-electron chi connectivity index (χ4n) is 1.21. The van der Waals surface area contributed by atoms with Crippen molar-refractivity contribution >= 4 is 0 Å². The number of likely N-dealkylation sites (N-methyl/N-ethyl adjacent to an activating group) is 3. The van der Waals surface area contributed by atoms with Crippen molar-refractivity contribution in [1.29, 1.82) is 0 Å². The Hall–Kier alpha value is -0.580. The van der Waals surface area contributed by atoms with Gasteiger partial charge in [0.2, 0.25) is 0 Å². The Balaban J connectivity index is 3.52. The zero-order valence-electron chi connectivity index (χ0n) is 10.5. The van der Waals surface area contributed by atoms with E-state index in [1.165, 1.54) is 0 Å². The van der Waals surface area contributed by atoms with Gasteiger partial charge in [0.1, 0.15) is 0 Å². The zero-order chi connectivity index (χ0) is 11.8. The fourth-order valence-corrected chi connectivity index (χ4v) is 1.21. The molecule has 0 saturated carbocycles. The number of aliphatic hydroxyl groups is 1. The minimum absolute atomic E-state index is 0.230. The highest BCUT2D eigenvalue weighted by Gasteiger charge is 2.03. The lowest BCUT2D eigenvalue weighted by molar-refractivity contribution is 0.230. The van der Waals surface area contributed by atoms with E-state index in [9.17, 15) is 0 Å². The van der Waals surface area contributed by atoms with Gasteiger partial charge in [0.05, 0.1) is 12.3 Å². The molecule has 0 amide bonds. The summed E-state index contributed by atoms with van der Waals surface area (Å²) in [5.74, 6) is 0.230. The van der Waals surface area contributed by atoms with Gasteiger partial charge < -0.3 is 14.9 Å². The molecule has 0 heterocycles. The molecule has 0 spiro atoms. The topological polar surface area (TPSA) is 30.0 Å². The lowest BCUT2D eigenvalue weighted by Gasteiger charge is -2.22. The molecule has 0 aromatic carbocycles. The molecular formula is C11H25N3O. The Morgan fingerprint density at radius 1 is 0.933 bits per heavy atom. The van der Waals surface area contributed by atoms with Crippen LogP contribution in [0.1, 0.15) is 0 Å². The normalized spacial score (nSPS) is 11.7. The molecule has 15 heavy (non-hydrogen) atoms. The summed E-state index contributed by atoms with van der Waals surface area (Å²) in [6.07, 6.45) is 0. The van der Waals surface area contributed by atoms with Crippen molar-refractivity contribution in [2.45, 2.75) is 0 Å². The number of hydrogen-bond donors (Lipinski definition) is 1. The van der Waals surface area contributed by atoms with Crippen molar-refractivity contribution < 1.29 is 5.11 Å². The summed E-state index contributed by atoms with van der Waals surface area (Å²) in [5, 5.41) is 9.01. The van der Waals surface area contributed by atoms with Gasteiger partial charge >= 0.3 is 0 Å². The summed E-state index contributed by atoms with van der Waals surface area (Å²) >= 11 is 0. The number of nitrogens with zero attached hydrogens (tertiary/aromatic N) is 3. The molecular weight excluding hydrogens is 190 g/mol. The summed E-state index contributed by atoms with van der Waals surface area (Å²) in [7, 11) is 8.26. The first kappa shape index (κ1) is 14.4. The first-order valence-corrected chi connectivity index (χ1v) is 5.30. The Kier molecular flexibility index (Phi) is 7.38. The lowest BCUT2D eigenvalue weighted by atomic mass is 10.4. The van der Waals surface area contributed by atoms with Crippen LogP contribution in [0.2, 0.25) is 0 Å². The van der Waals surface area contributed by atoms with Gasteiger partial charge in [-0.3, -0.25) is 4.90 Å². The fraction of sp³-hybridized carbons (Fsp3) is 0.818. The maximum atomic E-state index is 9.01. The highest BCUT2D eigenvalue weighted by Crippen LogP contribution is 1.91. The SMILES string of the molecule is C=C(O)CN(C)CCN(C)CCN(C)C. The van der Waals surface area contributed by atoms with Gasteiger partial charge in [-0.2, -0.15) is 0 Å². The molecule has 1 N–H and O–H groups in total. The molecule has 4 nitrogen and oxygen atoms in total. The highest BCUT2D eigenvalue weighted by molar-refractivity contribution is 4.82. The standard InChI is InChI=1S/C11H25N3O/c1-11(15)10-14(5)9-8-13(4)7-6-12(2)3/h15H,1,6-10H2,2-5H3. The Morgan fingerprint density at radius 2 is 1.40 bits per heavy atom. The van der Waals surface area contributed by atoms with Crippen LogP contribution in [0.15, 0.2) is 12.3 Å². The van der Waals surface area contributed by atoms with E-state index in [0.29, 0.717) is 6.54 Å². The van der Waals surface area contributed by atoms with E-state index in [0.717, 1.165) is 26.2 Å². The molecule has 0 rings (SSSR count). The first-order valence-electron chi connectivity index (χ1n) is 5.30. The van der Waals surface area contributed by atoms with E-state index in [-0.39, 0.29) is 5.76 Å². The van der Waals surface area contributed by atoms with Gasteiger partial charge in [-0.1, -0.05) is 6.58 Å². The molecule has 0 saturated heterocycles. The number of hydrogen-bond acceptors (Lipinski definition) is 4. The van der Waals surface area contributed by atoms with Gasteiger partial charge in [-0.05, 0) is 28.2 Å². The van der Waals surface area contributed by atoms with Crippen molar-refractivity contribution in [2.24, 2.45) is 0 Å². The van der Waals surface area contributed by atoms with E-state index in [1.807, 2.05) is 7.05 Å². The van der Waals surface area contributed by atoms with Crippen LogP contribution < -0.4 is 0 Å². The van der Waals surface area contributed by atoms with Crippen molar-refractivity contribution in [3.63, 3.8) is 0 Å². The predicted molar refractivity (Wildman–Crippen MR) is 65.3 cm³/mol. The van der Waals surface area contributed by atoms with Crippen LogP contribution >= 0.6 is 0 Å². The van der Waals surface area contributed by atoms with Crippen molar-refractivity contribution in [2.75, 3.05) is 60.9 Å². The lowest BCUT2D eigenvalue weighted by Crippen LogP contribution is -2.35. The average Bonchev–Trinajstić information content (AvgIpc) is 2.10. The summed E-state index contributed by atoms with van der Waals surface area (Å²) in [6.45, 7) is 8.14. The maximum Gasteiger partial charge on any atom is 0.0991 e. The predicted octanol–water partition coefficient (Wildman–Crippen LogP) is 0.483. The molecule has 0 radical (unpaired) electrons. The molecule has 0 aliphatic rings. The molecule has 0 fully saturated rings. The molecule has 4 heteroatoms. The maximum absolute atomic E-state index is 9.01. The zero-order valence-corrected chi connectivity index (χ0v) is 10.5. The first-order chi connectivity index (χ1) is 6.91. The molecule has 90 valence electrons. The summed E-state index contributed by atoms with van der Waals surface area (Å²) in [6, 6.07) is 0. The van der Waals surface area contributed by atoms with Crippen molar-refractivity contribution in [3.8, 4) is 0 Å².